The molecule has 0 aliphatic heterocycles. The summed E-state index contributed by atoms with van der Waals surface area (Å²) in [5.74, 6) is 0. The third-order valence-electron chi connectivity index (χ3n) is 3.40. The van der Waals surface area contributed by atoms with Gasteiger partial charge in [0.05, 0.1) is 5.60 Å². The van der Waals surface area contributed by atoms with Crippen LogP contribution in [0.1, 0.15) is 45.4 Å². The minimum absolute atomic E-state index is 0.493. The van der Waals surface area contributed by atoms with Crippen molar-refractivity contribution in [2.75, 3.05) is 13.6 Å². The highest BCUT2D eigenvalue weighted by Crippen LogP contribution is 2.34. The van der Waals surface area contributed by atoms with Gasteiger partial charge in [0.25, 0.3) is 0 Å². The molecule has 0 bridgehead atoms. The molecule has 0 saturated heterocycles. The summed E-state index contributed by atoms with van der Waals surface area (Å²) in [5, 5.41) is 2.97. The molecule has 0 spiro atoms. The van der Waals surface area contributed by atoms with Crippen LogP contribution >= 0.6 is 0 Å². The first-order valence-electron chi connectivity index (χ1n) is 6.29. The van der Waals surface area contributed by atoms with Gasteiger partial charge in [-0.15, -0.1) is 0 Å². The van der Waals surface area contributed by atoms with Crippen LogP contribution in [-0.2, 0) is 4.74 Å². The van der Waals surface area contributed by atoms with Crippen LogP contribution in [0.5, 0.6) is 0 Å². The topological polar surface area (TPSA) is 21.3 Å². The number of alkyl halides is 3. The van der Waals surface area contributed by atoms with E-state index in [1.54, 1.807) is 7.05 Å². The van der Waals surface area contributed by atoms with Gasteiger partial charge < -0.3 is 10.1 Å². The fourth-order valence-electron chi connectivity index (χ4n) is 2.47. The summed E-state index contributed by atoms with van der Waals surface area (Å²) in [7, 11) is 1.76. The molecule has 5 heteroatoms. The summed E-state index contributed by atoms with van der Waals surface area (Å²) >= 11 is 0. The molecular weight excluding hydrogens is 231 g/mol. The zero-order valence-corrected chi connectivity index (χ0v) is 10.6. The highest BCUT2D eigenvalue weighted by atomic mass is 19.4. The average molecular weight is 253 g/mol. The van der Waals surface area contributed by atoms with E-state index in [1.165, 1.54) is 0 Å². The zero-order valence-electron chi connectivity index (χ0n) is 10.6. The molecule has 1 N–H and O–H groups in total. The Labute approximate surface area is 101 Å². The lowest BCUT2D eigenvalue weighted by Gasteiger charge is -2.36. The second-order valence-electron chi connectivity index (χ2n) is 4.93. The van der Waals surface area contributed by atoms with Crippen molar-refractivity contribution in [1.82, 2.24) is 5.32 Å². The van der Waals surface area contributed by atoms with E-state index in [-0.39, 0.29) is 0 Å². The molecule has 1 aliphatic carbocycles. The lowest BCUT2D eigenvalue weighted by Crippen LogP contribution is -2.47. The van der Waals surface area contributed by atoms with Crippen molar-refractivity contribution >= 4 is 0 Å². The molecule has 1 saturated carbocycles. The monoisotopic (exact) mass is 253 g/mol. The quantitative estimate of drug-likeness (QED) is 0.776. The number of hydrogen-bond donors (Lipinski definition) is 1. The summed E-state index contributed by atoms with van der Waals surface area (Å²) in [6.45, 7) is 1.59. The van der Waals surface area contributed by atoms with E-state index in [0.29, 0.717) is 19.4 Å². The first kappa shape index (κ1) is 14.8. The molecule has 1 aliphatic rings. The van der Waals surface area contributed by atoms with Crippen LogP contribution in [0.3, 0.4) is 0 Å². The minimum Gasteiger partial charge on any atom is -0.361 e. The van der Waals surface area contributed by atoms with Gasteiger partial charge >= 0.3 is 6.18 Å². The van der Waals surface area contributed by atoms with Crippen molar-refractivity contribution in [2.24, 2.45) is 0 Å². The Kier molecular flexibility index (Phi) is 5.25. The third-order valence-corrected chi connectivity index (χ3v) is 3.40. The van der Waals surface area contributed by atoms with E-state index >= 15 is 0 Å². The van der Waals surface area contributed by atoms with Gasteiger partial charge in [0.1, 0.15) is 0 Å². The number of halogens is 3. The predicted molar refractivity (Wildman–Crippen MR) is 61.0 cm³/mol. The lowest BCUT2D eigenvalue weighted by atomic mass is 9.93. The average Bonchev–Trinajstić information content (AvgIpc) is 2.43. The first-order chi connectivity index (χ1) is 7.90. The fourth-order valence-corrected chi connectivity index (χ4v) is 2.47. The van der Waals surface area contributed by atoms with E-state index in [1.807, 2.05) is 0 Å². The Bertz CT molecular complexity index is 222. The molecule has 1 atom stereocenters. The van der Waals surface area contributed by atoms with Crippen LogP contribution in [0, 0.1) is 0 Å². The standard InChI is InChI=1S/C12H22F3NO/c1-10(12(13,14)15)17-11(9-16-2)7-5-3-4-6-8-11/h10,16H,3-9H2,1-2H3. The Morgan fingerprint density at radius 3 is 2.12 bits per heavy atom. The SMILES string of the molecule is CNCC1(OC(C)C(F)(F)F)CCCCCC1. The Morgan fingerprint density at radius 2 is 1.71 bits per heavy atom. The summed E-state index contributed by atoms with van der Waals surface area (Å²) in [4.78, 5) is 0. The Hall–Kier alpha value is -0.290. The van der Waals surface area contributed by atoms with Crippen molar-refractivity contribution in [3.63, 3.8) is 0 Å². The molecule has 0 aromatic rings. The van der Waals surface area contributed by atoms with Crippen molar-refractivity contribution < 1.29 is 17.9 Å². The van der Waals surface area contributed by atoms with Crippen molar-refractivity contribution in [2.45, 2.75) is 63.3 Å². The van der Waals surface area contributed by atoms with Crippen LogP contribution in [0.15, 0.2) is 0 Å². The van der Waals surface area contributed by atoms with Gasteiger partial charge in [-0.2, -0.15) is 13.2 Å². The highest BCUT2D eigenvalue weighted by Gasteiger charge is 2.43. The van der Waals surface area contributed by atoms with Gasteiger partial charge in [0, 0.05) is 6.54 Å². The smallest absolute Gasteiger partial charge is 0.361 e. The van der Waals surface area contributed by atoms with E-state index in [2.05, 4.69) is 5.32 Å². The van der Waals surface area contributed by atoms with Crippen LogP contribution in [0.2, 0.25) is 0 Å². The first-order valence-corrected chi connectivity index (χ1v) is 6.29. The molecule has 0 radical (unpaired) electrons. The summed E-state index contributed by atoms with van der Waals surface area (Å²) in [5.41, 5.74) is -0.639. The third kappa shape index (κ3) is 4.47. The normalized spacial score (nSPS) is 23.1. The molecule has 0 aromatic carbocycles. The van der Waals surface area contributed by atoms with Gasteiger partial charge in [-0.25, -0.2) is 0 Å². The molecule has 0 aromatic heterocycles. The van der Waals surface area contributed by atoms with E-state index in [0.717, 1.165) is 32.6 Å². The molecule has 0 amide bonds. The number of hydrogen-bond acceptors (Lipinski definition) is 2. The zero-order chi connectivity index (χ0) is 12.9. The van der Waals surface area contributed by atoms with E-state index in [9.17, 15) is 13.2 Å². The van der Waals surface area contributed by atoms with Crippen molar-refractivity contribution in [3.05, 3.63) is 0 Å². The van der Waals surface area contributed by atoms with E-state index < -0.39 is 17.9 Å². The Balaban J connectivity index is 2.69. The molecule has 1 unspecified atom stereocenters. The van der Waals surface area contributed by atoms with Crippen LogP contribution in [0.25, 0.3) is 0 Å². The minimum atomic E-state index is -4.27. The maximum Gasteiger partial charge on any atom is 0.414 e. The molecule has 1 rings (SSSR count). The van der Waals surface area contributed by atoms with Crippen molar-refractivity contribution in [3.8, 4) is 0 Å². The molecule has 1 fully saturated rings. The lowest BCUT2D eigenvalue weighted by molar-refractivity contribution is -0.248. The summed E-state index contributed by atoms with van der Waals surface area (Å²) in [6.07, 6.45) is -0.438. The maximum atomic E-state index is 12.6. The molecule has 102 valence electrons. The highest BCUT2D eigenvalue weighted by molar-refractivity contribution is 4.87. The fraction of sp³-hybridized carbons (Fsp3) is 1.00. The maximum absolute atomic E-state index is 12.6. The van der Waals surface area contributed by atoms with Crippen LogP contribution in [0.4, 0.5) is 13.2 Å². The van der Waals surface area contributed by atoms with Gasteiger partial charge in [0.15, 0.2) is 6.10 Å². The van der Waals surface area contributed by atoms with Crippen LogP contribution < -0.4 is 5.32 Å². The van der Waals surface area contributed by atoms with Gasteiger partial charge in [-0.05, 0) is 26.8 Å². The largest absolute Gasteiger partial charge is 0.414 e. The summed E-state index contributed by atoms with van der Waals surface area (Å²) in [6, 6.07) is 0. The molecule has 17 heavy (non-hydrogen) atoms. The molecule has 2 nitrogen and oxygen atoms in total. The second kappa shape index (κ2) is 6.05. The van der Waals surface area contributed by atoms with Gasteiger partial charge in [-0.3, -0.25) is 0 Å². The van der Waals surface area contributed by atoms with Crippen molar-refractivity contribution in [1.29, 1.82) is 0 Å². The van der Waals surface area contributed by atoms with E-state index in [4.69, 9.17) is 4.74 Å². The number of ether oxygens (including phenoxy) is 1. The number of rotatable bonds is 4. The summed E-state index contributed by atoms with van der Waals surface area (Å²) < 4.78 is 43.1. The Morgan fingerprint density at radius 1 is 1.18 bits per heavy atom. The molecular formula is C12H22F3NO. The van der Waals surface area contributed by atoms with Gasteiger partial charge in [0.2, 0.25) is 0 Å². The molecule has 0 heterocycles. The van der Waals surface area contributed by atoms with Crippen LogP contribution in [-0.4, -0.2) is 31.5 Å². The number of nitrogens with one attached hydrogen (secondary N) is 1. The number of likely N-dealkylation sites (N-methyl/N-ethyl adjacent to an activating group) is 1. The van der Waals surface area contributed by atoms with Gasteiger partial charge in [-0.1, -0.05) is 25.7 Å². The second-order valence-corrected chi connectivity index (χ2v) is 4.93. The predicted octanol–water partition coefficient (Wildman–Crippen LogP) is 3.27.